The van der Waals surface area contributed by atoms with Crippen molar-refractivity contribution in [2.75, 3.05) is 5.32 Å². The van der Waals surface area contributed by atoms with Gasteiger partial charge in [-0.1, -0.05) is 36.4 Å². The first kappa shape index (κ1) is 16.1. The van der Waals surface area contributed by atoms with Gasteiger partial charge in [-0.05, 0) is 48.0 Å². The average molecular weight is 332 g/mol. The molecule has 1 N–H and O–H groups in total. The third kappa shape index (κ3) is 3.76. The minimum atomic E-state index is -0.239. The average Bonchev–Trinajstić information content (AvgIpc) is 2.61. The van der Waals surface area contributed by atoms with Crippen LogP contribution in [0.25, 0.3) is 10.8 Å². The molecule has 0 radical (unpaired) electrons. The summed E-state index contributed by atoms with van der Waals surface area (Å²) in [4.78, 5) is 13.4. The number of anilines is 1. The highest BCUT2D eigenvalue weighted by Crippen LogP contribution is 2.27. The third-order valence-electron chi connectivity index (χ3n) is 3.66. The molecule has 4 heteroatoms. The van der Waals surface area contributed by atoms with Crippen molar-refractivity contribution in [3.05, 3.63) is 72.3 Å². The van der Waals surface area contributed by atoms with E-state index in [2.05, 4.69) is 35.7 Å². The molecule has 3 aromatic carbocycles. The zero-order chi connectivity index (χ0) is 16.9. The normalized spacial score (nSPS) is 11.7. The first-order valence-corrected chi connectivity index (χ1v) is 8.50. The van der Waals surface area contributed by atoms with Crippen molar-refractivity contribution in [3.63, 3.8) is 0 Å². The molecule has 118 valence electrons. The van der Waals surface area contributed by atoms with E-state index in [1.807, 2.05) is 25.1 Å². The van der Waals surface area contributed by atoms with E-state index in [4.69, 9.17) is 5.26 Å². The van der Waals surface area contributed by atoms with Crippen molar-refractivity contribution in [3.8, 4) is 6.07 Å². The summed E-state index contributed by atoms with van der Waals surface area (Å²) in [6.45, 7) is 1.88. The van der Waals surface area contributed by atoms with E-state index in [-0.39, 0.29) is 11.2 Å². The van der Waals surface area contributed by atoms with E-state index >= 15 is 0 Å². The summed E-state index contributed by atoms with van der Waals surface area (Å²) in [6, 6.07) is 23.4. The second kappa shape index (κ2) is 7.20. The van der Waals surface area contributed by atoms with Crippen LogP contribution in [-0.2, 0) is 4.79 Å². The van der Waals surface area contributed by atoms with Crippen molar-refractivity contribution in [2.45, 2.75) is 17.1 Å². The van der Waals surface area contributed by atoms with Crippen LogP contribution in [0.2, 0.25) is 0 Å². The number of nitrogens with zero attached hydrogens (tertiary/aromatic N) is 1. The number of benzene rings is 3. The topological polar surface area (TPSA) is 52.9 Å². The van der Waals surface area contributed by atoms with Crippen molar-refractivity contribution >= 4 is 34.1 Å². The van der Waals surface area contributed by atoms with Crippen LogP contribution in [0.15, 0.2) is 71.6 Å². The van der Waals surface area contributed by atoms with Gasteiger partial charge in [0.2, 0.25) is 5.91 Å². The highest BCUT2D eigenvalue weighted by Gasteiger charge is 2.15. The Bertz CT molecular complexity index is 930. The van der Waals surface area contributed by atoms with Crippen LogP contribution in [0.1, 0.15) is 12.5 Å². The molecule has 0 bridgehead atoms. The van der Waals surface area contributed by atoms with Gasteiger partial charge in [0.05, 0.1) is 16.9 Å². The molecule has 0 aliphatic heterocycles. The van der Waals surface area contributed by atoms with Crippen LogP contribution in [0.4, 0.5) is 5.69 Å². The Balaban J connectivity index is 1.69. The van der Waals surface area contributed by atoms with Crippen molar-refractivity contribution < 1.29 is 4.79 Å². The molecule has 0 aromatic heterocycles. The van der Waals surface area contributed by atoms with E-state index in [0.29, 0.717) is 11.3 Å². The maximum absolute atomic E-state index is 12.4. The molecule has 24 heavy (non-hydrogen) atoms. The SMILES string of the molecule is CC(Sc1ccc2ccccc2c1)C(=O)Nc1cccc(C#N)c1. The number of carbonyl (C=O) groups is 1. The number of hydrogen-bond donors (Lipinski definition) is 1. The van der Waals surface area contributed by atoms with Gasteiger partial charge in [-0.15, -0.1) is 11.8 Å². The Morgan fingerprint density at radius 3 is 2.62 bits per heavy atom. The van der Waals surface area contributed by atoms with E-state index in [1.165, 1.54) is 17.1 Å². The lowest BCUT2D eigenvalue weighted by Gasteiger charge is -2.12. The zero-order valence-electron chi connectivity index (χ0n) is 13.2. The maximum Gasteiger partial charge on any atom is 0.237 e. The van der Waals surface area contributed by atoms with Gasteiger partial charge in [-0.2, -0.15) is 5.26 Å². The van der Waals surface area contributed by atoms with Gasteiger partial charge in [0.25, 0.3) is 0 Å². The van der Waals surface area contributed by atoms with Crippen LogP contribution in [0.3, 0.4) is 0 Å². The Morgan fingerprint density at radius 1 is 1.04 bits per heavy atom. The number of nitrogens with one attached hydrogen (secondary N) is 1. The molecular weight excluding hydrogens is 316 g/mol. The molecular formula is C20H16N2OS. The van der Waals surface area contributed by atoms with Gasteiger partial charge in [0.1, 0.15) is 0 Å². The van der Waals surface area contributed by atoms with Crippen LogP contribution >= 0.6 is 11.8 Å². The fourth-order valence-electron chi connectivity index (χ4n) is 2.41. The smallest absolute Gasteiger partial charge is 0.237 e. The van der Waals surface area contributed by atoms with Crippen LogP contribution in [0.5, 0.6) is 0 Å². The first-order valence-electron chi connectivity index (χ1n) is 7.62. The van der Waals surface area contributed by atoms with Gasteiger partial charge in [0.15, 0.2) is 0 Å². The third-order valence-corrected chi connectivity index (χ3v) is 4.76. The predicted molar refractivity (Wildman–Crippen MR) is 99.1 cm³/mol. The lowest BCUT2D eigenvalue weighted by Crippen LogP contribution is -2.22. The minimum Gasteiger partial charge on any atom is -0.325 e. The van der Waals surface area contributed by atoms with Gasteiger partial charge in [-0.25, -0.2) is 0 Å². The molecule has 0 saturated carbocycles. The summed E-state index contributed by atoms with van der Waals surface area (Å²) in [6.07, 6.45) is 0. The fourth-order valence-corrected chi connectivity index (χ4v) is 3.32. The van der Waals surface area contributed by atoms with E-state index in [1.54, 1.807) is 24.3 Å². The Hall–Kier alpha value is -2.77. The maximum atomic E-state index is 12.4. The second-order valence-corrected chi connectivity index (χ2v) is 6.87. The first-order chi connectivity index (χ1) is 11.7. The van der Waals surface area contributed by atoms with Crippen LogP contribution in [-0.4, -0.2) is 11.2 Å². The molecule has 1 amide bonds. The monoisotopic (exact) mass is 332 g/mol. The van der Waals surface area contributed by atoms with Gasteiger partial charge in [-0.3, -0.25) is 4.79 Å². The number of amides is 1. The van der Waals surface area contributed by atoms with Gasteiger partial charge in [0, 0.05) is 10.6 Å². The molecule has 0 fully saturated rings. The number of carbonyl (C=O) groups excluding carboxylic acids is 1. The molecule has 0 heterocycles. The lowest BCUT2D eigenvalue weighted by atomic mass is 10.1. The number of nitriles is 1. The molecule has 1 atom stereocenters. The molecule has 3 nitrogen and oxygen atoms in total. The van der Waals surface area contributed by atoms with E-state index in [0.717, 1.165) is 10.3 Å². The molecule has 0 spiro atoms. The second-order valence-electron chi connectivity index (χ2n) is 5.45. The number of thioether (sulfide) groups is 1. The summed E-state index contributed by atoms with van der Waals surface area (Å²) in [5.41, 5.74) is 1.17. The molecule has 3 aromatic rings. The summed E-state index contributed by atoms with van der Waals surface area (Å²) in [5, 5.41) is 13.9. The van der Waals surface area contributed by atoms with E-state index < -0.39 is 0 Å². The largest absolute Gasteiger partial charge is 0.325 e. The highest BCUT2D eigenvalue weighted by atomic mass is 32.2. The number of rotatable bonds is 4. The fraction of sp³-hybridized carbons (Fsp3) is 0.100. The van der Waals surface area contributed by atoms with Crippen molar-refractivity contribution in [2.24, 2.45) is 0 Å². The van der Waals surface area contributed by atoms with E-state index in [9.17, 15) is 4.79 Å². The lowest BCUT2D eigenvalue weighted by molar-refractivity contribution is -0.115. The Morgan fingerprint density at radius 2 is 1.83 bits per heavy atom. The van der Waals surface area contributed by atoms with Gasteiger partial charge >= 0.3 is 0 Å². The Kier molecular flexibility index (Phi) is 4.83. The molecule has 0 aliphatic rings. The molecule has 0 aliphatic carbocycles. The van der Waals surface area contributed by atoms with Crippen molar-refractivity contribution in [1.29, 1.82) is 5.26 Å². The minimum absolute atomic E-state index is 0.0803. The molecule has 1 unspecified atom stereocenters. The summed E-state index contributed by atoms with van der Waals surface area (Å²) in [7, 11) is 0. The molecule has 0 saturated heterocycles. The van der Waals surface area contributed by atoms with Crippen molar-refractivity contribution in [1.82, 2.24) is 0 Å². The standard InChI is InChI=1S/C20H16N2OS/c1-14(20(23)22-18-8-4-5-15(11-18)13-21)24-19-10-9-16-6-2-3-7-17(16)12-19/h2-12,14H,1H3,(H,22,23). The number of hydrogen-bond acceptors (Lipinski definition) is 3. The van der Waals surface area contributed by atoms with Crippen LogP contribution in [0, 0.1) is 11.3 Å². The summed E-state index contributed by atoms with van der Waals surface area (Å²) < 4.78 is 0. The quantitative estimate of drug-likeness (QED) is 0.696. The Labute approximate surface area is 145 Å². The summed E-state index contributed by atoms with van der Waals surface area (Å²) in [5.74, 6) is -0.0803. The predicted octanol–water partition coefficient (Wildman–Crippen LogP) is 4.83. The molecule has 3 rings (SSSR count). The van der Waals surface area contributed by atoms with Crippen LogP contribution < -0.4 is 5.32 Å². The number of fused-ring (bicyclic) bond motifs is 1. The highest BCUT2D eigenvalue weighted by molar-refractivity contribution is 8.00. The van der Waals surface area contributed by atoms with Gasteiger partial charge < -0.3 is 5.32 Å². The zero-order valence-corrected chi connectivity index (χ0v) is 14.0. The summed E-state index contributed by atoms with van der Waals surface area (Å²) >= 11 is 1.52.